The molecule has 2 heterocycles. The normalized spacial score (nSPS) is 11.2. The minimum Gasteiger partial charge on any atom is -0.222 e. The van der Waals surface area contributed by atoms with E-state index in [1.54, 1.807) is 0 Å². The van der Waals surface area contributed by atoms with E-state index in [0.29, 0.717) is 0 Å². The maximum absolute atomic E-state index is 8.49. The number of rotatable bonds is 0. The highest BCUT2D eigenvalue weighted by Crippen LogP contribution is 2.14. The van der Waals surface area contributed by atoms with Crippen molar-refractivity contribution in [2.45, 2.75) is 0 Å². The van der Waals surface area contributed by atoms with Crippen LogP contribution in [0, 0.1) is 10.2 Å². The number of benzene rings is 1. The van der Waals surface area contributed by atoms with Gasteiger partial charge >= 0.3 is 0 Å². The van der Waals surface area contributed by atoms with E-state index in [1.807, 2.05) is 35.1 Å². The van der Waals surface area contributed by atoms with Gasteiger partial charge in [-0.05, 0) is 17.2 Å². The number of hydrogen-bond donors (Lipinski definition) is 0. The Balaban J connectivity index is 0.000000232. The summed E-state index contributed by atoms with van der Waals surface area (Å²) in [5.41, 5.74) is 1.14. The van der Waals surface area contributed by atoms with Crippen molar-refractivity contribution in [3.8, 4) is 0 Å². The number of hydrogen-bond acceptors (Lipinski definition) is 5. The zero-order valence-corrected chi connectivity index (χ0v) is 10.4. The van der Waals surface area contributed by atoms with Crippen LogP contribution in [0.3, 0.4) is 0 Å². The van der Waals surface area contributed by atoms with E-state index in [9.17, 15) is 0 Å². The molecule has 0 aliphatic heterocycles. The fraction of sp³-hybridized carbons (Fsp3) is 0. The second kappa shape index (κ2) is 5.43. The van der Waals surface area contributed by atoms with Gasteiger partial charge in [-0.15, -0.1) is 10.2 Å². The van der Waals surface area contributed by atoms with Gasteiger partial charge in [-0.2, -0.15) is 0 Å². The zero-order valence-electron chi connectivity index (χ0n) is 9.60. The van der Waals surface area contributed by atoms with Crippen LogP contribution >= 0.6 is 0 Å². The van der Waals surface area contributed by atoms with Crippen LogP contribution in [-0.2, 0) is 0 Å². The fourth-order valence-corrected chi connectivity index (χ4v) is 1.72. The number of aromatic nitrogens is 2. The summed E-state index contributed by atoms with van der Waals surface area (Å²) in [6.45, 7) is 0. The molecule has 2 aromatic heterocycles. The van der Waals surface area contributed by atoms with E-state index in [0.717, 1.165) is 5.52 Å². The molecule has 7 heteroatoms. The summed E-state index contributed by atoms with van der Waals surface area (Å²) in [7, 11) is -4.94. The molecule has 0 amide bonds. The molecule has 0 spiro atoms. The molecule has 1 aromatic carbocycles. The Morgan fingerprint density at radius 3 is 2.26 bits per heavy atom. The van der Waals surface area contributed by atoms with E-state index in [-0.39, 0.29) is 0 Å². The van der Waals surface area contributed by atoms with Gasteiger partial charge in [0.25, 0.3) is 0 Å². The van der Waals surface area contributed by atoms with Crippen molar-refractivity contribution >= 4 is 16.3 Å². The second-order valence-corrected chi connectivity index (χ2v) is 4.40. The summed E-state index contributed by atoms with van der Waals surface area (Å²) >= 11 is 0. The predicted octanol–water partition coefficient (Wildman–Crippen LogP) is -2.78. The lowest BCUT2D eigenvalue weighted by Gasteiger charge is -2.17. The van der Waals surface area contributed by atoms with Crippen LogP contribution in [-0.4, -0.2) is 5.10 Å². The SMILES string of the molecule is [O-][Cl+3]([O-])([O-])[O-].c1ccc2c(c1)cn[n+]1ccccc21. The van der Waals surface area contributed by atoms with Crippen molar-refractivity contribution in [3.63, 3.8) is 0 Å². The van der Waals surface area contributed by atoms with Crippen molar-refractivity contribution < 1.29 is 33.4 Å². The summed E-state index contributed by atoms with van der Waals surface area (Å²) in [6.07, 6.45) is 3.85. The van der Waals surface area contributed by atoms with Crippen LogP contribution in [0.1, 0.15) is 0 Å². The third kappa shape index (κ3) is 3.82. The van der Waals surface area contributed by atoms with Crippen LogP contribution in [0.2, 0.25) is 0 Å². The van der Waals surface area contributed by atoms with Gasteiger partial charge in [-0.3, -0.25) is 0 Å². The van der Waals surface area contributed by atoms with Gasteiger partial charge in [-0.25, -0.2) is 18.6 Å². The topological polar surface area (TPSA) is 109 Å². The molecule has 0 fully saturated rings. The Bertz CT molecular complexity index is 639. The molecule has 98 valence electrons. The summed E-state index contributed by atoms with van der Waals surface area (Å²) in [6, 6.07) is 14.4. The molecular weight excluding hydrogens is 272 g/mol. The first-order valence-electron chi connectivity index (χ1n) is 5.21. The van der Waals surface area contributed by atoms with Crippen LogP contribution in [0.25, 0.3) is 16.3 Å². The molecule has 0 atom stereocenters. The van der Waals surface area contributed by atoms with E-state index in [1.165, 1.54) is 10.8 Å². The zero-order chi connectivity index (χ0) is 13.9. The first-order chi connectivity index (χ1) is 8.95. The maximum Gasteiger partial charge on any atom is 0.245 e. The molecular formula is C12H9ClN2O4. The van der Waals surface area contributed by atoms with Crippen LogP contribution in [0.15, 0.2) is 54.9 Å². The minimum absolute atomic E-state index is 1.14. The van der Waals surface area contributed by atoms with Gasteiger partial charge in [-0.1, -0.05) is 22.7 Å². The van der Waals surface area contributed by atoms with Crippen molar-refractivity contribution in [2.24, 2.45) is 0 Å². The molecule has 0 bridgehead atoms. The first-order valence-corrected chi connectivity index (χ1v) is 6.45. The molecule has 3 aromatic rings. The quantitative estimate of drug-likeness (QED) is 0.327. The van der Waals surface area contributed by atoms with Crippen LogP contribution in [0.5, 0.6) is 0 Å². The van der Waals surface area contributed by atoms with Gasteiger partial charge in [0, 0.05) is 17.5 Å². The van der Waals surface area contributed by atoms with Crippen molar-refractivity contribution in [1.82, 2.24) is 5.10 Å². The fourth-order valence-electron chi connectivity index (χ4n) is 1.72. The molecule has 0 aliphatic rings. The largest absolute Gasteiger partial charge is 0.245 e. The molecule has 0 unspecified atom stereocenters. The van der Waals surface area contributed by atoms with E-state index in [2.05, 4.69) is 29.4 Å². The van der Waals surface area contributed by atoms with E-state index in [4.69, 9.17) is 18.6 Å². The molecule has 0 aliphatic carbocycles. The van der Waals surface area contributed by atoms with Gasteiger partial charge in [0.1, 0.15) is 6.20 Å². The average Bonchev–Trinajstić information content (AvgIpc) is 2.37. The minimum atomic E-state index is -4.94. The number of nitrogens with zero attached hydrogens (tertiary/aromatic N) is 2. The van der Waals surface area contributed by atoms with E-state index >= 15 is 0 Å². The summed E-state index contributed by atoms with van der Waals surface area (Å²) < 4.78 is 35.9. The van der Waals surface area contributed by atoms with Gasteiger partial charge < -0.3 is 0 Å². The predicted molar refractivity (Wildman–Crippen MR) is 54.9 cm³/mol. The lowest BCUT2D eigenvalue weighted by molar-refractivity contribution is -2.00. The highest BCUT2D eigenvalue weighted by molar-refractivity contribution is 5.92. The van der Waals surface area contributed by atoms with Crippen molar-refractivity contribution in [2.75, 3.05) is 0 Å². The number of fused-ring (bicyclic) bond motifs is 3. The standard InChI is InChI=1S/C12H9N2.ClHO4/c1-2-6-11-10(5-1)9-13-14-8-4-3-7-12(11)14;2-1(3,4)5/h1-9H;(H,2,3,4,5)/q+1;/p-1. The highest BCUT2D eigenvalue weighted by atomic mass is 35.7. The lowest BCUT2D eigenvalue weighted by Crippen LogP contribution is -2.68. The highest BCUT2D eigenvalue weighted by Gasteiger charge is 2.06. The number of halogens is 1. The lowest BCUT2D eigenvalue weighted by atomic mass is 10.1. The first kappa shape index (κ1) is 13.6. The van der Waals surface area contributed by atoms with Gasteiger partial charge in [0.2, 0.25) is 11.7 Å². The van der Waals surface area contributed by atoms with Gasteiger partial charge in [0.05, 0.1) is 5.39 Å². The third-order valence-corrected chi connectivity index (χ3v) is 2.40. The monoisotopic (exact) mass is 280 g/mol. The van der Waals surface area contributed by atoms with Crippen molar-refractivity contribution in [3.05, 3.63) is 54.9 Å². The van der Waals surface area contributed by atoms with Crippen LogP contribution in [0.4, 0.5) is 0 Å². The summed E-state index contributed by atoms with van der Waals surface area (Å²) in [5, 5.41) is 6.74. The third-order valence-electron chi connectivity index (χ3n) is 2.40. The molecule has 0 saturated carbocycles. The molecule has 0 saturated heterocycles. The number of pyridine rings is 1. The van der Waals surface area contributed by atoms with Gasteiger partial charge in [0.15, 0.2) is 0 Å². The smallest absolute Gasteiger partial charge is 0.222 e. The Morgan fingerprint density at radius 2 is 1.53 bits per heavy atom. The maximum atomic E-state index is 8.49. The Kier molecular flexibility index (Phi) is 3.89. The Hall–Kier alpha value is -1.83. The van der Waals surface area contributed by atoms with Crippen LogP contribution < -0.4 is 23.2 Å². The van der Waals surface area contributed by atoms with Crippen molar-refractivity contribution in [1.29, 1.82) is 0 Å². The Labute approximate surface area is 110 Å². The molecule has 0 N–H and O–H groups in total. The molecule has 6 nitrogen and oxygen atoms in total. The molecule has 3 rings (SSSR count). The summed E-state index contributed by atoms with van der Waals surface area (Å²) in [5.74, 6) is 0. The van der Waals surface area contributed by atoms with E-state index < -0.39 is 10.2 Å². The second-order valence-electron chi connectivity index (χ2n) is 3.64. The Morgan fingerprint density at radius 1 is 0.895 bits per heavy atom. The molecule has 0 radical (unpaired) electrons. The molecule has 19 heavy (non-hydrogen) atoms. The summed E-state index contributed by atoms with van der Waals surface area (Å²) in [4.78, 5) is 0. The average molecular weight is 281 g/mol.